The van der Waals surface area contributed by atoms with Crippen LogP contribution in [0.2, 0.25) is 5.02 Å². The topological polar surface area (TPSA) is 17.8 Å². The molecule has 0 aromatic carbocycles. The third kappa shape index (κ3) is 0.926. The summed E-state index contributed by atoms with van der Waals surface area (Å²) in [5.41, 5.74) is 0.916. The van der Waals surface area contributed by atoms with Gasteiger partial charge in [-0.25, -0.2) is 0 Å². The molecule has 2 rings (SSSR count). The van der Waals surface area contributed by atoms with Crippen molar-refractivity contribution in [2.75, 3.05) is 0 Å². The number of halogens is 1. The molecule has 1 aliphatic carbocycles. The largest absolute Gasteiger partial charge is 0.274 e. The maximum absolute atomic E-state index is 7.45. The summed E-state index contributed by atoms with van der Waals surface area (Å²) in [5.74, 6) is 0.535. The van der Waals surface area contributed by atoms with E-state index in [2.05, 4.69) is 5.10 Å². The van der Waals surface area contributed by atoms with Gasteiger partial charge in [-0.15, -0.1) is 0 Å². The summed E-state index contributed by atoms with van der Waals surface area (Å²) in [5, 5.41) is 4.71. The Morgan fingerprint density at radius 3 is 3.00 bits per heavy atom. The highest BCUT2D eigenvalue weighted by atomic mass is 35.5. The smallest absolute Gasteiger partial charge is 0.0853 e. The fourth-order valence-corrected chi connectivity index (χ4v) is 1.36. The van der Waals surface area contributed by atoms with Crippen molar-refractivity contribution in [2.45, 2.75) is 18.8 Å². The predicted molar refractivity (Wildman–Crippen MR) is 40.2 cm³/mol. The van der Waals surface area contributed by atoms with Crippen LogP contribution < -0.4 is 0 Å². The van der Waals surface area contributed by atoms with Crippen molar-refractivity contribution >= 4 is 11.6 Å². The molecule has 3 heteroatoms. The molecular weight excluding hydrogens is 148 g/mol. The maximum Gasteiger partial charge on any atom is 0.0853 e. The molecule has 1 aromatic rings. The Bertz CT molecular complexity index is 291. The first-order chi connectivity index (χ1) is 5.20. The Hall–Kier alpha value is -0.500. The van der Waals surface area contributed by atoms with Crippen molar-refractivity contribution in [2.24, 2.45) is 7.05 Å². The summed E-state index contributed by atoms with van der Waals surface area (Å²) in [6.45, 7) is 0. The standard InChI is InChI=1S/C7H9ClN2/c1-10-4-6(8)7(9-10)5-2-3-5/h4-5H,2-3H2,1H3/i4D. The molecule has 0 radical (unpaired) electrons. The van der Waals surface area contributed by atoms with Crippen LogP contribution in [0.15, 0.2) is 6.17 Å². The van der Waals surface area contributed by atoms with E-state index in [1.165, 1.54) is 17.5 Å². The van der Waals surface area contributed by atoms with Crippen molar-refractivity contribution in [1.29, 1.82) is 0 Å². The molecule has 1 aliphatic rings. The molecule has 0 unspecified atom stereocenters. The second-order valence-electron chi connectivity index (χ2n) is 2.71. The average molecular weight is 158 g/mol. The van der Waals surface area contributed by atoms with Crippen molar-refractivity contribution < 1.29 is 1.37 Å². The molecular formula is C7H9ClN2. The van der Waals surface area contributed by atoms with E-state index in [0.717, 1.165) is 5.69 Å². The highest BCUT2D eigenvalue weighted by Crippen LogP contribution is 2.41. The van der Waals surface area contributed by atoms with Crippen LogP contribution in [0, 0.1) is 0 Å². The molecule has 54 valence electrons. The van der Waals surface area contributed by atoms with E-state index in [1.807, 2.05) is 0 Å². The summed E-state index contributed by atoms with van der Waals surface area (Å²) in [4.78, 5) is 0. The number of aromatic nitrogens is 2. The van der Waals surface area contributed by atoms with Crippen molar-refractivity contribution in [3.8, 4) is 0 Å². The highest BCUT2D eigenvalue weighted by molar-refractivity contribution is 6.31. The van der Waals surface area contributed by atoms with E-state index < -0.39 is 0 Å². The normalized spacial score (nSPS) is 19.2. The van der Waals surface area contributed by atoms with Gasteiger partial charge in [0.2, 0.25) is 0 Å². The molecule has 1 aromatic heterocycles. The SMILES string of the molecule is [2H]c1c(Cl)c(C2CC2)nn1C. The third-order valence-corrected chi connectivity index (χ3v) is 1.98. The Labute approximate surface area is 66.2 Å². The molecule has 0 spiro atoms. The number of hydrogen-bond donors (Lipinski definition) is 0. The van der Waals surface area contributed by atoms with Gasteiger partial charge in [-0.05, 0) is 12.8 Å². The van der Waals surface area contributed by atoms with Crippen LogP contribution in [0.1, 0.15) is 25.8 Å². The maximum atomic E-state index is 7.45. The number of hydrogen-bond acceptors (Lipinski definition) is 1. The molecule has 1 fully saturated rings. The molecule has 0 atom stereocenters. The van der Waals surface area contributed by atoms with Crippen LogP contribution in [0.4, 0.5) is 0 Å². The van der Waals surface area contributed by atoms with Gasteiger partial charge >= 0.3 is 0 Å². The van der Waals surface area contributed by atoms with Crippen molar-refractivity contribution in [3.63, 3.8) is 0 Å². The quantitative estimate of drug-likeness (QED) is 0.610. The lowest BCUT2D eigenvalue weighted by molar-refractivity contribution is 0.744. The fraction of sp³-hybridized carbons (Fsp3) is 0.571. The van der Waals surface area contributed by atoms with Gasteiger partial charge in [-0.3, -0.25) is 4.68 Å². The van der Waals surface area contributed by atoms with Crippen molar-refractivity contribution in [3.05, 3.63) is 16.9 Å². The van der Waals surface area contributed by atoms with Gasteiger partial charge < -0.3 is 0 Å². The minimum Gasteiger partial charge on any atom is -0.274 e. The Balaban J connectivity index is 2.46. The van der Waals surface area contributed by atoms with Crippen LogP contribution >= 0.6 is 11.6 Å². The predicted octanol–water partition coefficient (Wildman–Crippen LogP) is 1.95. The van der Waals surface area contributed by atoms with Crippen LogP contribution in [0.3, 0.4) is 0 Å². The Morgan fingerprint density at radius 1 is 1.90 bits per heavy atom. The summed E-state index contributed by atoms with van der Waals surface area (Å²) in [6, 6.07) is 0. The first kappa shape index (κ1) is 5.19. The number of nitrogens with zero attached hydrogens (tertiary/aromatic N) is 2. The van der Waals surface area contributed by atoms with Gasteiger partial charge in [0.1, 0.15) is 0 Å². The Kier molecular flexibility index (Phi) is 1.03. The van der Waals surface area contributed by atoms with Gasteiger partial charge in [-0.1, -0.05) is 11.6 Å². The highest BCUT2D eigenvalue weighted by Gasteiger charge is 2.28. The zero-order valence-electron chi connectivity index (χ0n) is 6.76. The van der Waals surface area contributed by atoms with Crippen LogP contribution in [0.25, 0.3) is 0 Å². The number of aryl methyl sites for hydroxylation is 1. The van der Waals surface area contributed by atoms with Crippen LogP contribution in [0.5, 0.6) is 0 Å². The molecule has 1 heterocycles. The lowest BCUT2D eigenvalue weighted by Crippen LogP contribution is -1.88. The monoisotopic (exact) mass is 157 g/mol. The third-order valence-electron chi connectivity index (χ3n) is 1.71. The average Bonchev–Trinajstić information content (AvgIpc) is 2.76. The molecule has 10 heavy (non-hydrogen) atoms. The van der Waals surface area contributed by atoms with Crippen LogP contribution in [-0.4, -0.2) is 9.78 Å². The molecule has 0 bridgehead atoms. The first-order valence-electron chi connectivity index (χ1n) is 3.89. The van der Waals surface area contributed by atoms with E-state index in [4.69, 9.17) is 13.0 Å². The van der Waals surface area contributed by atoms with Crippen LogP contribution in [-0.2, 0) is 7.05 Å². The van der Waals surface area contributed by atoms with Gasteiger partial charge in [-0.2, -0.15) is 5.10 Å². The molecule has 0 saturated heterocycles. The van der Waals surface area contributed by atoms with Gasteiger partial charge in [0, 0.05) is 19.1 Å². The van der Waals surface area contributed by atoms with E-state index in [0.29, 0.717) is 17.1 Å². The second-order valence-corrected chi connectivity index (χ2v) is 3.09. The first-order valence-corrected chi connectivity index (χ1v) is 3.77. The van der Waals surface area contributed by atoms with Crippen molar-refractivity contribution in [1.82, 2.24) is 9.78 Å². The minimum atomic E-state index is 0.327. The fourth-order valence-electron chi connectivity index (χ4n) is 1.05. The second kappa shape index (κ2) is 1.99. The van der Waals surface area contributed by atoms with E-state index in [-0.39, 0.29) is 0 Å². The summed E-state index contributed by atoms with van der Waals surface area (Å²) in [7, 11) is 1.75. The lowest BCUT2D eigenvalue weighted by atomic mass is 10.3. The molecule has 0 amide bonds. The summed E-state index contributed by atoms with van der Waals surface area (Å²) < 4.78 is 8.98. The zero-order valence-corrected chi connectivity index (χ0v) is 6.52. The summed E-state index contributed by atoms with van der Waals surface area (Å²) >= 11 is 5.88. The van der Waals surface area contributed by atoms with E-state index in [1.54, 1.807) is 7.05 Å². The molecule has 0 N–H and O–H groups in total. The van der Waals surface area contributed by atoms with Gasteiger partial charge in [0.05, 0.1) is 12.1 Å². The zero-order chi connectivity index (χ0) is 8.01. The number of rotatable bonds is 1. The molecule has 1 saturated carbocycles. The molecule has 2 nitrogen and oxygen atoms in total. The lowest BCUT2D eigenvalue weighted by Gasteiger charge is -1.87. The minimum absolute atomic E-state index is 0.327. The van der Waals surface area contributed by atoms with Gasteiger partial charge in [0.25, 0.3) is 0 Å². The van der Waals surface area contributed by atoms with Gasteiger partial charge in [0.15, 0.2) is 0 Å². The molecule has 0 aliphatic heterocycles. The van der Waals surface area contributed by atoms with E-state index in [9.17, 15) is 0 Å². The Morgan fingerprint density at radius 2 is 2.60 bits per heavy atom. The van der Waals surface area contributed by atoms with E-state index >= 15 is 0 Å². The summed E-state index contributed by atoms with van der Waals surface area (Å²) in [6.07, 6.45) is 2.68.